The molecule has 5 heteroatoms. The maximum atomic E-state index is 5.93. The number of guanidine groups is 1. The Balaban J connectivity index is 1.84. The summed E-state index contributed by atoms with van der Waals surface area (Å²) in [7, 11) is 1.86. The number of nitrogens with zero attached hydrogens (tertiary/aromatic N) is 2. The fraction of sp³-hybridized carbons (Fsp3) is 0.944. The molecule has 0 aromatic heterocycles. The van der Waals surface area contributed by atoms with Gasteiger partial charge < -0.3 is 15.4 Å². The Bertz CT molecular complexity index is 381. The van der Waals surface area contributed by atoms with Gasteiger partial charge in [0.05, 0.1) is 18.2 Å². The van der Waals surface area contributed by atoms with Crippen LogP contribution in [0.4, 0.5) is 0 Å². The van der Waals surface area contributed by atoms with Crippen molar-refractivity contribution in [2.45, 2.75) is 77.7 Å². The minimum Gasteiger partial charge on any atom is -0.373 e. The van der Waals surface area contributed by atoms with Gasteiger partial charge in [0.2, 0.25) is 0 Å². The number of hydrogen-bond donors (Lipinski definition) is 2. The Hall–Kier alpha value is -0.810. The maximum Gasteiger partial charge on any atom is 0.191 e. The number of ether oxygens (including phenoxy) is 1. The van der Waals surface area contributed by atoms with E-state index in [1.165, 1.54) is 19.3 Å². The number of likely N-dealkylation sites (N-methyl/N-ethyl adjacent to an activating group) is 1. The lowest BCUT2D eigenvalue weighted by atomic mass is 9.96. The van der Waals surface area contributed by atoms with Crippen LogP contribution < -0.4 is 10.6 Å². The predicted octanol–water partition coefficient (Wildman–Crippen LogP) is 2.23. The van der Waals surface area contributed by atoms with Crippen molar-refractivity contribution in [1.29, 1.82) is 0 Å². The molecule has 2 aliphatic heterocycles. The van der Waals surface area contributed by atoms with Crippen molar-refractivity contribution in [3.8, 4) is 0 Å². The molecule has 5 nitrogen and oxygen atoms in total. The predicted molar refractivity (Wildman–Crippen MR) is 97.0 cm³/mol. The number of hydrogen-bond acceptors (Lipinski definition) is 3. The van der Waals surface area contributed by atoms with Gasteiger partial charge in [0.25, 0.3) is 0 Å². The molecule has 2 bridgehead atoms. The topological polar surface area (TPSA) is 48.9 Å². The lowest BCUT2D eigenvalue weighted by Gasteiger charge is -2.32. The van der Waals surface area contributed by atoms with Crippen LogP contribution >= 0.6 is 0 Å². The zero-order chi connectivity index (χ0) is 16.8. The fourth-order valence-corrected chi connectivity index (χ4v) is 4.02. The summed E-state index contributed by atoms with van der Waals surface area (Å²) in [6.07, 6.45) is 5.61. The zero-order valence-electron chi connectivity index (χ0n) is 15.6. The third-order valence-corrected chi connectivity index (χ3v) is 5.23. The van der Waals surface area contributed by atoms with Crippen LogP contribution in [0, 0.1) is 5.92 Å². The molecule has 23 heavy (non-hydrogen) atoms. The molecule has 0 aromatic rings. The first-order valence-corrected chi connectivity index (χ1v) is 9.44. The van der Waals surface area contributed by atoms with Crippen LogP contribution in [-0.2, 0) is 4.74 Å². The Morgan fingerprint density at radius 2 is 2.00 bits per heavy atom. The van der Waals surface area contributed by atoms with Crippen molar-refractivity contribution in [2.75, 3.05) is 26.7 Å². The molecule has 2 aliphatic rings. The number of nitrogens with one attached hydrogen (secondary N) is 2. The number of rotatable bonds is 8. The second kappa shape index (κ2) is 8.88. The minimum atomic E-state index is 0.382. The van der Waals surface area contributed by atoms with Gasteiger partial charge in [0.1, 0.15) is 0 Å². The maximum absolute atomic E-state index is 5.93. The molecule has 2 heterocycles. The van der Waals surface area contributed by atoms with Crippen LogP contribution in [0.25, 0.3) is 0 Å². The normalized spacial score (nSPS) is 28.7. The Morgan fingerprint density at radius 3 is 2.48 bits per heavy atom. The standard InChI is InChI=1S/C18H36N4O/c1-6-22(7-2)14(10-13(3)4)12-20-18(19-5)21-16-11-15-8-9-17(16)23-15/h13-17H,6-12H2,1-5H3,(H2,19,20,21). The summed E-state index contributed by atoms with van der Waals surface area (Å²) >= 11 is 0. The Morgan fingerprint density at radius 1 is 1.26 bits per heavy atom. The second-order valence-electron chi connectivity index (χ2n) is 7.32. The average Bonchev–Trinajstić information content (AvgIpc) is 3.14. The molecule has 0 aromatic carbocycles. The summed E-state index contributed by atoms with van der Waals surface area (Å²) in [6, 6.07) is 0.983. The van der Waals surface area contributed by atoms with E-state index in [4.69, 9.17) is 4.74 Å². The minimum absolute atomic E-state index is 0.382. The van der Waals surface area contributed by atoms with E-state index in [1.807, 2.05) is 7.05 Å². The monoisotopic (exact) mass is 324 g/mol. The van der Waals surface area contributed by atoms with Crippen LogP contribution in [0.5, 0.6) is 0 Å². The smallest absolute Gasteiger partial charge is 0.191 e. The summed E-state index contributed by atoms with van der Waals surface area (Å²) in [5.41, 5.74) is 0. The first-order chi connectivity index (χ1) is 11.1. The van der Waals surface area contributed by atoms with Gasteiger partial charge in [-0.15, -0.1) is 0 Å². The highest BCUT2D eigenvalue weighted by Gasteiger charge is 2.41. The van der Waals surface area contributed by atoms with Gasteiger partial charge in [0.15, 0.2) is 5.96 Å². The van der Waals surface area contributed by atoms with Crippen LogP contribution in [0.2, 0.25) is 0 Å². The quantitative estimate of drug-likeness (QED) is 0.531. The first-order valence-electron chi connectivity index (χ1n) is 9.44. The van der Waals surface area contributed by atoms with E-state index in [0.29, 0.717) is 30.2 Å². The molecule has 0 aliphatic carbocycles. The van der Waals surface area contributed by atoms with Gasteiger partial charge in [-0.25, -0.2) is 0 Å². The van der Waals surface area contributed by atoms with E-state index in [0.717, 1.165) is 32.0 Å². The second-order valence-corrected chi connectivity index (χ2v) is 7.32. The van der Waals surface area contributed by atoms with E-state index in [2.05, 4.69) is 48.2 Å². The van der Waals surface area contributed by atoms with Crippen molar-refractivity contribution in [1.82, 2.24) is 15.5 Å². The van der Waals surface area contributed by atoms with Crippen molar-refractivity contribution >= 4 is 5.96 Å². The van der Waals surface area contributed by atoms with Gasteiger partial charge >= 0.3 is 0 Å². The third kappa shape index (κ3) is 5.08. The van der Waals surface area contributed by atoms with E-state index < -0.39 is 0 Å². The molecule has 2 fully saturated rings. The molecular formula is C18H36N4O. The highest BCUT2D eigenvalue weighted by Crippen LogP contribution is 2.34. The Labute approximate surface area is 142 Å². The molecule has 0 amide bonds. The summed E-state index contributed by atoms with van der Waals surface area (Å²) in [4.78, 5) is 6.96. The molecule has 2 N–H and O–H groups in total. The molecular weight excluding hydrogens is 288 g/mol. The molecule has 4 atom stereocenters. The largest absolute Gasteiger partial charge is 0.373 e. The molecule has 0 radical (unpaired) electrons. The SMILES string of the molecule is CCN(CC)C(CNC(=NC)NC1CC2CCC1O2)CC(C)C. The molecule has 0 spiro atoms. The summed E-state index contributed by atoms with van der Waals surface area (Å²) in [5, 5.41) is 7.13. The highest BCUT2D eigenvalue weighted by atomic mass is 16.5. The van der Waals surface area contributed by atoms with Crippen molar-refractivity contribution < 1.29 is 4.74 Å². The van der Waals surface area contributed by atoms with Gasteiger partial charge in [-0.1, -0.05) is 27.7 Å². The van der Waals surface area contributed by atoms with Crippen LogP contribution in [0.15, 0.2) is 4.99 Å². The van der Waals surface area contributed by atoms with E-state index in [-0.39, 0.29) is 0 Å². The van der Waals surface area contributed by atoms with Crippen molar-refractivity contribution in [3.63, 3.8) is 0 Å². The first kappa shape index (κ1) is 18.5. The Kier molecular flexibility index (Phi) is 7.15. The van der Waals surface area contributed by atoms with Crippen LogP contribution in [-0.4, -0.2) is 61.8 Å². The summed E-state index contributed by atoms with van der Waals surface area (Å²) in [5.74, 6) is 1.63. The third-order valence-electron chi connectivity index (χ3n) is 5.23. The molecule has 2 saturated heterocycles. The molecule has 2 rings (SSSR count). The van der Waals surface area contributed by atoms with E-state index >= 15 is 0 Å². The van der Waals surface area contributed by atoms with Gasteiger partial charge in [0, 0.05) is 19.6 Å². The fourth-order valence-electron chi connectivity index (χ4n) is 4.02. The lowest BCUT2D eigenvalue weighted by Crippen LogP contribution is -2.51. The summed E-state index contributed by atoms with van der Waals surface area (Å²) in [6.45, 7) is 12.2. The zero-order valence-corrected chi connectivity index (χ0v) is 15.6. The van der Waals surface area contributed by atoms with Crippen molar-refractivity contribution in [3.05, 3.63) is 0 Å². The van der Waals surface area contributed by atoms with Gasteiger partial charge in [-0.3, -0.25) is 9.89 Å². The van der Waals surface area contributed by atoms with E-state index in [9.17, 15) is 0 Å². The number of aliphatic imine (C=N–C) groups is 1. The van der Waals surface area contributed by atoms with Crippen molar-refractivity contribution in [2.24, 2.45) is 10.9 Å². The highest BCUT2D eigenvalue weighted by molar-refractivity contribution is 5.80. The molecule has 4 unspecified atom stereocenters. The lowest BCUT2D eigenvalue weighted by molar-refractivity contribution is 0.0992. The molecule has 0 saturated carbocycles. The van der Waals surface area contributed by atoms with Gasteiger partial charge in [-0.05, 0) is 44.7 Å². The molecule has 134 valence electrons. The average molecular weight is 325 g/mol. The van der Waals surface area contributed by atoms with Crippen LogP contribution in [0.3, 0.4) is 0 Å². The van der Waals surface area contributed by atoms with Gasteiger partial charge in [-0.2, -0.15) is 0 Å². The van der Waals surface area contributed by atoms with E-state index in [1.54, 1.807) is 0 Å². The number of fused-ring (bicyclic) bond motifs is 2. The summed E-state index contributed by atoms with van der Waals surface area (Å²) < 4.78 is 5.93. The van der Waals surface area contributed by atoms with Crippen LogP contribution in [0.1, 0.15) is 53.4 Å².